The van der Waals surface area contributed by atoms with Gasteiger partial charge in [-0.05, 0) is 30.7 Å². The van der Waals surface area contributed by atoms with Crippen molar-refractivity contribution in [1.29, 1.82) is 5.26 Å². The predicted molar refractivity (Wildman–Crippen MR) is 51.0 cm³/mol. The van der Waals surface area contributed by atoms with E-state index in [1.165, 1.54) is 12.8 Å². The standard InChI is InChI=1S/C10H18N2O/c1-9(7-13)6-12-8-10(2-3-10)4-5-11/h9,12-13H,2-4,6-8H2,1H3. The van der Waals surface area contributed by atoms with E-state index in [0.717, 1.165) is 13.1 Å². The van der Waals surface area contributed by atoms with Crippen molar-refractivity contribution >= 4 is 0 Å². The lowest BCUT2D eigenvalue weighted by molar-refractivity contribution is 0.231. The number of aliphatic hydroxyl groups is 1. The second-order valence-corrected chi connectivity index (χ2v) is 4.25. The highest BCUT2D eigenvalue weighted by molar-refractivity contribution is 5.00. The van der Waals surface area contributed by atoms with Crippen molar-refractivity contribution in [2.75, 3.05) is 19.7 Å². The van der Waals surface area contributed by atoms with Crippen molar-refractivity contribution in [3.63, 3.8) is 0 Å². The summed E-state index contributed by atoms with van der Waals surface area (Å²) in [5.74, 6) is 0.317. The van der Waals surface area contributed by atoms with Crippen LogP contribution in [0.4, 0.5) is 0 Å². The molecule has 13 heavy (non-hydrogen) atoms. The maximum atomic E-state index is 8.79. The Hall–Kier alpha value is -0.590. The molecule has 1 unspecified atom stereocenters. The number of nitriles is 1. The van der Waals surface area contributed by atoms with Gasteiger partial charge in [-0.25, -0.2) is 0 Å². The zero-order valence-corrected chi connectivity index (χ0v) is 8.21. The number of nitrogens with one attached hydrogen (secondary N) is 1. The van der Waals surface area contributed by atoms with E-state index in [1.54, 1.807) is 0 Å². The summed E-state index contributed by atoms with van der Waals surface area (Å²) in [6, 6.07) is 2.23. The first kappa shape index (κ1) is 10.5. The Labute approximate surface area is 79.8 Å². The Morgan fingerprint density at radius 2 is 2.31 bits per heavy atom. The molecule has 0 spiro atoms. The third kappa shape index (κ3) is 3.33. The molecule has 1 rings (SSSR count). The minimum Gasteiger partial charge on any atom is -0.396 e. The monoisotopic (exact) mass is 182 g/mol. The second kappa shape index (κ2) is 4.59. The van der Waals surface area contributed by atoms with E-state index < -0.39 is 0 Å². The Kier molecular flexibility index (Phi) is 3.71. The average Bonchev–Trinajstić information content (AvgIpc) is 2.86. The van der Waals surface area contributed by atoms with E-state index in [2.05, 4.69) is 11.4 Å². The molecular weight excluding hydrogens is 164 g/mol. The number of hydrogen-bond acceptors (Lipinski definition) is 3. The summed E-state index contributed by atoms with van der Waals surface area (Å²) in [7, 11) is 0. The highest BCUT2D eigenvalue weighted by Crippen LogP contribution is 2.47. The van der Waals surface area contributed by atoms with E-state index in [9.17, 15) is 0 Å². The Bertz CT molecular complexity index is 194. The van der Waals surface area contributed by atoms with Crippen LogP contribution in [-0.2, 0) is 0 Å². The Morgan fingerprint density at radius 1 is 1.62 bits per heavy atom. The quantitative estimate of drug-likeness (QED) is 0.641. The van der Waals surface area contributed by atoms with Crippen LogP contribution in [0, 0.1) is 22.7 Å². The molecule has 1 aliphatic carbocycles. The average molecular weight is 182 g/mol. The molecule has 1 saturated carbocycles. The number of aliphatic hydroxyl groups excluding tert-OH is 1. The van der Waals surface area contributed by atoms with E-state index in [-0.39, 0.29) is 12.0 Å². The van der Waals surface area contributed by atoms with Gasteiger partial charge in [0, 0.05) is 19.6 Å². The molecule has 0 saturated heterocycles. The molecule has 1 fully saturated rings. The molecule has 0 aromatic rings. The van der Waals surface area contributed by atoms with Crippen LogP contribution in [-0.4, -0.2) is 24.8 Å². The van der Waals surface area contributed by atoms with Crippen LogP contribution in [0.25, 0.3) is 0 Å². The molecule has 2 N–H and O–H groups in total. The maximum Gasteiger partial charge on any atom is 0.0628 e. The lowest BCUT2D eigenvalue weighted by atomic mass is 10.0. The Balaban J connectivity index is 2.09. The summed E-state index contributed by atoms with van der Waals surface area (Å²) < 4.78 is 0. The van der Waals surface area contributed by atoms with Gasteiger partial charge in [-0.3, -0.25) is 0 Å². The summed E-state index contributed by atoms with van der Waals surface area (Å²) in [5, 5.41) is 20.7. The summed E-state index contributed by atoms with van der Waals surface area (Å²) >= 11 is 0. The van der Waals surface area contributed by atoms with Gasteiger partial charge in [0.05, 0.1) is 6.07 Å². The topological polar surface area (TPSA) is 56.0 Å². The zero-order valence-electron chi connectivity index (χ0n) is 8.21. The van der Waals surface area contributed by atoms with Crippen molar-refractivity contribution in [1.82, 2.24) is 5.32 Å². The smallest absolute Gasteiger partial charge is 0.0628 e. The van der Waals surface area contributed by atoms with Gasteiger partial charge in [0.1, 0.15) is 0 Å². The summed E-state index contributed by atoms with van der Waals surface area (Å²) in [5.41, 5.74) is 0.282. The minimum atomic E-state index is 0.234. The Morgan fingerprint density at radius 3 is 2.77 bits per heavy atom. The van der Waals surface area contributed by atoms with Crippen molar-refractivity contribution in [3.8, 4) is 6.07 Å². The molecule has 74 valence electrons. The van der Waals surface area contributed by atoms with Gasteiger partial charge in [-0.15, -0.1) is 0 Å². The van der Waals surface area contributed by atoms with E-state index in [0.29, 0.717) is 12.3 Å². The van der Waals surface area contributed by atoms with E-state index in [4.69, 9.17) is 10.4 Å². The SMILES string of the molecule is CC(CO)CNCC1(CC#N)CC1. The largest absolute Gasteiger partial charge is 0.396 e. The van der Waals surface area contributed by atoms with Gasteiger partial charge < -0.3 is 10.4 Å². The summed E-state index contributed by atoms with van der Waals surface area (Å²) in [6.07, 6.45) is 3.04. The number of nitrogens with zero attached hydrogens (tertiary/aromatic N) is 1. The fourth-order valence-electron chi connectivity index (χ4n) is 1.41. The predicted octanol–water partition coefficient (Wildman–Crippen LogP) is 0.898. The maximum absolute atomic E-state index is 8.79. The van der Waals surface area contributed by atoms with Crippen LogP contribution in [0.5, 0.6) is 0 Å². The van der Waals surface area contributed by atoms with Crippen LogP contribution >= 0.6 is 0 Å². The lowest BCUT2D eigenvalue weighted by Crippen LogP contribution is -2.29. The first-order chi connectivity index (χ1) is 6.22. The molecule has 0 amide bonds. The van der Waals surface area contributed by atoms with Crippen LogP contribution in [0.1, 0.15) is 26.2 Å². The molecule has 3 heteroatoms. The van der Waals surface area contributed by atoms with Gasteiger partial charge in [0.15, 0.2) is 0 Å². The van der Waals surface area contributed by atoms with E-state index in [1.807, 2.05) is 6.92 Å². The van der Waals surface area contributed by atoms with Crippen molar-refractivity contribution in [3.05, 3.63) is 0 Å². The lowest BCUT2D eigenvalue weighted by Gasteiger charge is -2.14. The van der Waals surface area contributed by atoms with Crippen molar-refractivity contribution in [2.45, 2.75) is 26.2 Å². The van der Waals surface area contributed by atoms with Crippen molar-refractivity contribution in [2.24, 2.45) is 11.3 Å². The van der Waals surface area contributed by atoms with Crippen LogP contribution < -0.4 is 5.32 Å². The molecule has 0 heterocycles. The first-order valence-corrected chi connectivity index (χ1v) is 4.91. The summed E-state index contributed by atoms with van der Waals surface area (Å²) in [6.45, 7) is 4.03. The molecule has 1 aliphatic rings. The van der Waals surface area contributed by atoms with Crippen molar-refractivity contribution < 1.29 is 5.11 Å². The minimum absolute atomic E-state index is 0.234. The fraction of sp³-hybridized carbons (Fsp3) is 0.900. The zero-order chi connectivity index (χ0) is 9.73. The molecule has 0 aromatic heterocycles. The van der Waals surface area contributed by atoms with Gasteiger partial charge in [-0.1, -0.05) is 6.92 Å². The van der Waals surface area contributed by atoms with Crippen LogP contribution in [0.15, 0.2) is 0 Å². The molecular formula is C10H18N2O. The van der Waals surface area contributed by atoms with E-state index >= 15 is 0 Å². The first-order valence-electron chi connectivity index (χ1n) is 4.91. The highest BCUT2D eigenvalue weighted by Gasteiger charge is 2.41. The fourth-order valence-corrected chi connectivity index (χ4v) is 1.41. The molecule has 0 bridgehead atoms. The van der Waals surface area contributed by atoms with Gasteiger partial charge >= 0.3 is 0 Å². The van der Waals surface area contributed by atoms with Crippen LogP contribution in [0.3, 0.4) is 0 Å². The van der Waals surface area contributed by atoms with Gasteiger partial charge in [0.25, 0.3) is 0 Å². The molecule has 3 nitrogen and oxygen atoms in total. The third-order valence-electron chi connectivity index (χ3n) is 2.72. The molecule has 1 atom stereocenters. The number of rotatable bonds is 6. The van der Waals surface area contributed by atoms with Gasteiger partial charge in [-0.2, -0.15) is 5.26 Å². The second-order valence-electron chi connectivity index (χ2n) is 4.25. The molecule has 0 radical (unpaired) electrons. The summed E-state index contributed by atoms with van der Waals surface area (Å²) in [4.78, 5) is 0. The third-order valence-corrected chi connectivity index (χ3v) is 2.72. The van der Waals surface area contributed by atoms with Gasteiger partial charge in [0.2, 0.25) is 0 Å². The molecule has 0 aliphatic heterocycles. The number of hydrogen-bond donors (Lipinski definition) is 2. The van der Waals surface area contributed by atoms with Crippen LogP contribution in [0.2, 0.25) is 0 Å². The normalized spacial score (nSPS) is 20.7. The molecule has 0 aromatic carbocycles. The highest BCUT2D eigenvalue weighted by atomic mass is 16.3.